The average Bonchev–Trinajstić information content (AvgIpc) is 3.08. The van der Waals surface area contributed by atoms with E-state index in [0.29, 0.717) is 24.7 Å². The first-order valence-corrected chi connectivity index (χ1v) is 8.95. The fourth-order valence-corrected chi connectivity index (χ4v) is 4.02. The third kappa shape index (κ3) is 3.85. The van der Waals surface area contributed by atoms with Crippen LogP contribution in [0.3, 0.4) is 0 Å². The lowest BCUT2D eigenvalue weighted by Gasteiger charge is -2.18. The zero-order valence-corrected chi connectivity index (χ0v) is 13.5. The molecule has 2 unspecified atom stereocenters. The summed E-state index contributed by atoms with van der Waals surface area (Å²) in [5.41, 5.74) is 6.53. The fourth-order valence-electron chi connectivity index (χ4n) is 2.65. The summed E-state index contributed by atoms with van der Waals surface area (Å²) in [4.78, 5) is 0.294. The maximum atomic E-state index is 12.5. The molecule has 3 N–H and O–H groups in total. The topological polar surface area (TPSA) is 86.3 Å². The van der Waals surface area contributed by atoms with Crippen molar-refractivity contribution in [2.75, 3.05) is 13.2 Å². The second kappa shape index (κ2) is 6.91. The van der Waals surface area contributed by atoms with Gasteiger partial charge in [-0.25, -0.2) is 13.1 Å². The Labute approximate surface area is 126 Å². The summed E-state index contributed by atoms with van der Waals surface area (Å²) in [6.07, 6.45) is 3.50. The van der Waals surface area contributed by atoms with E-state index in [9.17, 15) is 8.42 Å². The van der Waals surface area contributed by atoms with Crippen LogP contribution in [0.25, 0.3) is 0 Å². The van der Waals surface area contributed by atoms with E-state index in [-0.39, 0.29) is 12.0 Å². The van der Waals surface area contributed by atoms with Crippen LogP contribution in [0.1, 0.15) is 32.4 Å². The van der Waals surface area contributed by atoms with Gasteiger partial charge < -0.3 is 15.0 Å². The number of aromatic nitrogens is 1. The molecule has 1 aromatic rings. The SMILES string of the molecule is CCCn1cc(S(=O)(=O)NC(C)C2CCOC2)cc1CN. The van der Waals surface area contributed by atoms with Crippen molar-refractivity contribution in [2.24, 2.45) is 11.7 Å². The lowest BCUT2D eigenvalue weighted by Crippen LogP contribution is -2.38. The largest absolute Gasteiger partial charge is 0.381 e. The third-order valence-corrected chi connectivity index (χ3v) is 5.48. The van der Waals surface area contributed by atoms with Crippen molar-refractivity contribution < 1.29 is 13.2 Å². The quantitative estimate of drug-likeness (QED) is 0.788. The summed E-state index contributed by atoms with van der Waals surface area (Å²) in [6.45, 7) is 6.38. The molecular weight excluding hydrogens is 290 g/mol. The van der Waals surface area contributed by atoms with Gasteiger partial charge in [0.05, 0.1) is 11.5 Å². The van der Waals surface area contributed by atoms with Crippen LogP contribution in [0.4, 0.5) is 0 Å². The maximum Gasteiger partial charge on any atom is 0.242 e. The van der Waals surface area contributed by atoms with Crippen molar-refractivity contribution in [3.05, 3.63) is 18.0 Å². The molecule has 0 aromatic carbocycles. The minimum Gasteiger partial charge on any atom is -0.381 e. The molecule has 1 fully saturated rings. The minimum absolute atomic E-state index is 0.131. The molecule has 7 heteroatoms. The standard InChI is InChI=1S/C14H25N3O3S/c1-3-5-17-9-14(7-13(17)8-15)21(18,19)16-11(2)12-4-6-20-10-12/h7,9,11-12,16H,3-6,8,10,15H2,1-2H3. The number of hydrogen-bond donors (Lipinski definition) is 2. The Morgan fingerprint density at radius 3 is 2.90 bits per heavy atom. The van der Waals surface area contributed by atoms with Gasteiger partial charge in [-0.2, -0.15) is 0 Å². The summed E-state index contributed by atoms with van der Waals surface area (Å²) >= 11 is 0. The molecule has 120 valence electrons. The molecule has 0 saturated carbocycles. The molecule has 6 nitrogen and oxygen atoms in total. The van der Waals surface area contributed by atoms with Crippen LogP contribution in [0.5, 0.6) is 0 Å². The van der Waals surface area contributed by atoms with E-state index in [0.717, 1.165) is 25.1 Å². The second-order valence-electron chi connectivity index (χ2n) is 5.60. The van der Waals surface area contributed by atoms with Crippen LogP contribution in [0, 0.1) is 5.92 Å². The number of rotatable bonds is 7. The van der Waals surface area contributed by atoms with E-state index in [1.807, 2.05) is 11.5 Å². The number of ether oxygens (including phenoxy) is 1. The Morgan fingerprint density at radius 2 is 2.33 bits per heavy atom. The predicted octanol–water partition coefficient (Wildman–Crippen LogP) is 1.06. The minimum atomic E-state index is -3.51. The van der Waals surface area contributed by atoms with Gasteiger partial charge in [-0.1, -0.05) is 6.92 Å². The van der Waals surface area contributed by atoms with Crippen molar-refractivity contribution in [3.8, 4) is 0 Å². The Kier molecular flexibility index (Phi) is 5.43. The predicted molar refractivity (Wildman–Crippen MR) is 81.3 cm³/mol. The highest BCUT2D eigenvalue weighted by atomic mass is 32.2. The van der Waals surface area contributed by atoms with Crippen LogP contribution in [-0.2, 0) is 27.8 Å². The highest BCUT2D eigenvalue weighted by Gasteiger charge is 2.27. The van der Waals surface area contributed by atoms with E-state index in [1.165, 1.54) is 0 Å². The van der Waals surface area contributed by atoms with Gasteiger partial charge in [0.2, 0.25) is 10.0 Å². The highest BCUT2D eigenvalue weighted by Crippen LogP contribution is 2.20. The van der Waals surface area contributed by atoms with Gasteiger partial charge in [0, 0.05) is 43.5 Å². The molecule has 2 heterocycles. The van der Waals surface area contributed by atoms with Crippen LogP contribution in [0.2, 0.25) is 0 Å². The Balaban J connectivity index is 2.14. The van der Waals surface area contributed by atoms with Crippen molar-refractivity contribution in [1.82, 2.24) is 9.29 Å². The number of aryl methyl sites for hydroxylation is 1. The summed E-state index contributed by atoms with van der Waals surface area (Å²) < 4.78 is 34.9. The molecule has 1 aromatic heterocycles. The van der Waals surface area contributed by atoms with Gasteiger partial charge in [-0.3, -0.25) is 0 Å². The lowest BCUT2D eigenvalue weighted by atomic mass is 10.0. The van der Waals surface area contributed by atoms with E-state index in [4.69, 9.17) is 10.5 Å². The zero-order chi connectivity index (χ0) is 15.5. The van der Waals surface area contributed by atoms with Crippen molar-refractivity contribution in [1.29, 1.82) is 0 Å². The van der Waals surface area contributed by atoms with Gasteiger partial charge in [-0.15, -0.1) is 0 Å². The molecular formula is C14H25N3O3S. The first-order chi connectivity index (χ1) is 9.97. The summed E-state index contributed by atoms with van der Waals surface area (Å²) in [6, 6.07) is 1.53. The fraction of sp³-hybridized carbons (Fsp3) is 0.714. The number of nitrogens with one attached hydrogen (secondary N) is 1. The maximum absolute atomic E-state index is 12.5. The second-order valence-corrected chi connectivity index (χ2v) is 7.31. The van der Waals surface area contributed by atoms with E-state index >= 15 is 0 Å². The normalized spacial score (nSPS) is 20.8. The average molecular weight is 315 g/mol. The Morgan fingerprint density at radius 1 is 1.57 bits per heavy atom. The summed E-state index contributed by atoms with van der Waals surface area (Å²) in [7, 11) is -3.51. The lowest BCUT2D eigenvalue weighted by molar-refractivity contribution is 0.180. The molecule has 0 amide bonds. The summed E-state index contributed by atoms with van der Waals surface area (Å²) in [5, 5.41) is 0. The molecule has 0 aliphatic carbocycles. The molecule has 1 aliphatic heterocycles. The molecule has 0 spiro atoms. The third-order valence-electron chi connectivity index (χ3n) is 3.96. The molecule has 1 aliphatic rings. The van der Waals surface area contributed by atoms with E-state index in [1.54, 1.807) is 12.3 Å². The van der Waals surface area contributed by atoms with Crippen molar-refractivity contribution in [3.63, 3.8) is 0 Å². The van der Waals surface area contributed by atoms with E-state index < -0.39 is 10.0 Å². The Bertz CT molecular complexity index is 562. The number of nitrogens with zero attached hydrogens (tertiary/aromatic N) is 1. The van der Waals surface area contributed by atoms with Crippen LogP contribution in [-0.4, -0.2) is 32.2 Å². The van der Waals surface area contributed by atoms with Gasteiger partial charge >= 0.3 is 0 Å². The van der Waals surface area contributed by atoms with Crippen LogP contribution in [0.15, 0.2) is 17.2 Å². The zero-order valence-electron chi connectivity index (χ0n) is 12.7. The summed E-state index contributed by atoms with van der Waals surface area (Å²) in [5.74, 6) is 0.242. The van der Waals surface area contributed by atoms with Crippen LogP contribution >= 0.6 is 0 Å². The van der Waals surface area contributed by atoms with Gasteiger partial charge in [0.25, 0.3) is 0 Å². The molecule has 1 saturated heterocycles. The highest BCUT2D eigenvalue weighted by molar-refractivity contribution is 7.89. The number of nitrogens with two attached hydrogens (primary N) is 1. The number of sulfonamides is 1. The van der Waals surface area contributed by atoms with Crippen molar-refractivity contribution in [2.45, 2.75) is 50.7 Å². The first-order valence-electron chi connectivity index (χ1n) is 7.47. The molecule has 2 rings (SSSR count). The monoisotopic (exact) mass is 315 g/mol. The van der Waals surface area contributed by atoms with E-state index in [2.05, 4.69) is 11.6 Å². The van der Waals surface area contributed by atoms with Gasteiger partial charge in [0.1, 0.15) is 0 Å². The molecule has 21 heavy (non-hydrogen) atoms. The Hall–Kier alpha value is -0.890. The van der Waals surface area contributed by atoms with Gasteiger partial charge in [-0.05, 0) is 25.8 Å². The molecule has 0 radical (unpaired) electrons. The smallest absolute Gasteiger partial charge is 0.242 e. The van der Waals surface area contributed by atoms with Crippen molar-refractivity contribution >= 4 is 10.0 Å². The molecule has 0 bridgehead atoms. The number of hydrogen-bond acceptors (Lipinski definition) is 4. The van der Waals surface area contributed by atoms with Gasteiger partial charge in [0.15, 0.2) is 0 Å². The molecule has 2 atom stereocenters. The van der Waals surface area contributed by atoms with Crippen LogP contribution < -0.4 is 10.5 Å². The first kappa shape index (κ1) is 16.5.